The zero-order valence-corrected chi connectivity index (χ0v) is 33.1. The van der Waals surface area contributed by atoms with E-state index >= 15 is 0 Å². The molecule has 0 radical (unpaired) electrons. The number of carbonyl (C=O) groups excluding carboxylic acids is 4. The second-order valence-corrected chi connectivity index (χ2v) is 18.5. The van der Waals surface area contributed by atoms with Crippen LogP contribution in [0.4, 0.5) is 13.2 Å². The lowest BCUT2D eigenvalue weighted by molar-refractivity contribution is -0.257. The number of ketones is 1. The fraction of sp³-hybridized carbons (Fsp3) is 0.625. The molecule has 2 saturated carbocycles. The fourth-order valence-corrected chi connectivity index (χ4v) is 9.44. The Labute approximate surface area is 324 Å². The molecule has 2 aliphatic heterocycles. The van der Waals surface area contributed by atoms with E-state index in [-0.39, 0.29) is 37.6 Å². The molecule has 1 aromatic heterocycles. The molecule has 56 heavy (non-hydrogen) atoms. The number of alkyl halides is 3. The fourth-order valence-electron chi connectivity index (χ4n) is 8.06. The predicted molar refractivity (Wildman–Crippen MR) is 199 cm³/mol. The number of pyridine rings is 1. The van der Waals surface area contributed by atoms with E-state index in [2.05, 4.69) is 9.71 Å². The summed E-state index contributed by atoms with van der Waals surface area (Å²) in [6.07, 6.45) is 1.48. The first-order valence-corrected chi connectivity index (χ1v) is 20.7. The number of nitrogens with one attached hydrogen (secondary N) is 1. The van der Waals surface area contributed by atoms with E-state index in [0.717, 1.165) is 19.2 Å². The Morgan fingerprint density at radius 3 is 2.48 bits per heavy atom. The van der Waals surface area contributed by atoms with E-state index in [1.807, 2.05) is 19.1 Å². The van der Waals surface area contributed by atoms with Gasteiger partial charge in [0, 0.05) is 24.4 Å². The first-order chi connectivity index (χ1) is 26.2. The lowest BCUT2D eigenvalue weighted by atomic mass is 9.82. The molecule has 2 amide bonds. The van der Waals surface area contributed by atoms with Crippen LogP contribution in [0.5, 0.6) is 11.6 Å². The molecule has 2 aliphatic carbocycles. The van der Waals surface area contributed by atoms with Crippen molar-refractivity contribution in [2.45, 2.75) is 115 Å². The quantitative estimate of drug-likeness (QED) is 0.233. The summed E-state index contributed by atoms with van der Waals surface area (Å²) in [4.78, 5) is 62.1. The van der Waals surface area contributed by atoms with E-state index in [9.17, 15) is 40.8 Å². The number of rotatable bonds is 9. The van der Waals surface area contributed by atoms with Crippen LogP contribution in [0.2, 0.25) is 0 Å². The van der Waals surface area contributed by atoms with Gasteiger partial charge in [-0.05, 0) is 99.8 Å². The Morgan fingerprint density at radius 1 is 1.07 bits per heavy atom. The number of aromatic nitrogens is 1. The zero-order chi connectivity index (χ0) is 40.8. The van der Waals surface area contributed by atoms with Gasteiger partial charge < -0.3 is 19.1 Å². The number of hydrogen-bond donors (Lipinski definition) is 1. The molecule has 1 N–H and O–H groups in total. The second kappa shape index (κ2) is 15.6. The van der Waals surface area contributed by atoms with Crippen LogP contribution in [0.1, 0.15) is 85.5 Å². The molecule has 7 atom stereocenters. The van der Waals surface area contributed by atoms with Crippen molar-refractivity contribution in [2.75, 3.05) is 13.7 Å². The second-order valence-electron chi connectivity index (χ2n) is 16.6. The van der Waals surface area contributed by atoms with Gasteiger partial charge in [-0.2, -0.15) is 13.2 Å². The molecule has 0 bridgehead atoms. The third-order valence-corrected chi connectivity index (χ3v) is 13.6. The van der Waals surface area contributed by atoms with Gasteiger partial charge in [0.1, 0.15) is 11.9 Å². The summed E-state index contributed by atoms with van der Waals surface area (Å²) in [5.41, 5.74) is -4.16. The van der Waals surface area contributed by atoms with Crippen molar-refractivity contribution in [3.05, 3.63) is 42.6 Å². The molecule has 16 heteroatoms. The molecule has 1 saturated heterocycles. The van der Waals surface area contributed by atoms with Crippen LogP contribution >= 0.6 is 0 Å². The number of sulfonamides is 1. The lowest BCUT2D eigenvalue weighted by Gasteiger charge is -2.33. The Hall–Kier alpha value is -4.21. The van der Waals surface area contributed by atoms with Crippen LogP contribution in [0.25, 0.3) is 10.8 Å². The van der Waals surface area contributed by atoms with Crippen LogP contribution in [0.15, 0.2) is 42.6 Å². The van der Waals surface area contributed by atoms with Crippen LogP contribution in [0, 0.1) is 29.1 Å². The highest BCUT2D eigenvalue weighted by atomic mass is 32.2. The van der Waals surface area contributed by atoms with Crippen molar-refractivity contribution in [2.24, 2.45) is 29.1 Å². The third kappa shape index (κ3) is 8.84. The standard InChI is InChI=1S/C40H50F3N3O9S/c1-23-8-6-7-9-26-20-39(26,37(50)45-56(51,52)29-11-12-29)21-33(47)32-18-28(54-35-30-13-10-27(53-5)17-25(30)14-15-44-35)22-46(32)36(49)31(24(2)16-23)19-34(48)55-38(3,4)40(41,42)43/h7,9-10,13-15,17,23-24,26,28-29,31-32H,6,8,11-12,16,18-22H2,1-5H3,(H,45,50)/b9-7-/t23-,24+,26+,28+,31-,32-,39+/m0/s1. The van der Waals surface area contributed by atoms with Gasteiger partial charge in [0.25, 0.3) is 0 Å². The SMILES string of the molecule is COc1ccc2c(O[C@@H]3C[C@H]4C(=O)C[C@]5(C(=O)NS(=O)(=O)C6CC6)C[C@H]5/C=C\CC[C@H](C)C[C@@H](C)[C@H](CC(=O)OC(C)(C)C(F)(F)F)C(=O)N4C3)nccc2c1. The normalized spacial score (nSPS) is 29.7. The van der Waals surface area contributed by atoms with Crippen molar-refractivity contribution < 1.29 is 55.0 Å². The Morgan fingerprint density at radius 2 is 1.80 bits per heavy atom. The van der Waals surface area contributed by atoms with Gasteiger partial charge in [0.2, 0.25) is 33.3 Å². The van der Waals surface area contributed by atoms with E-state index < -0.39 is 92.4 Å². The van der Waals surface area contributed by atoms with Crippen LogP contribution < -0.4 is 14.2 Å². The van der Waals surface area contributed by atoms with E-state index in [0.29, 0.717) is 43.2 Å². The number of halogens is 3. The lowest BCUT2D eigenvalue weighted by Crippen LogP contribution is -2.48. The summed E-state index contributed by atoms with van der Waals surface area (Å²) in [6, 6.07) is 5.93. The molecule has 3 heterocycles. The highest BCUT2D eigenvalue weighted by molar-refractivity contribution is 7.90. The number of carbonyl (C=O) groups is 4. The van der Waals surface area contributed by atoms with Gasteiger partial charge in [-0.3, -0.25) is 23.9 Å². The molecule has 2 aromatic rings. The number of Topliss-reactive ketones (excluding diaryl/α,β-unsaturated/α-hetero) is 1. The van der Waals surface area contributed by atoms with E-state index in [4.69, 9.17) is 14.2 Å². The van der Waals surface area contributed by atoms with Gasteiger partial charge in [0.05, 0.1) is 42.7 Å². The average molecular weight is 806 g/mol. The number of methoxy groups -OCH3 is 1. The molecular weight excluding hydrogens is 756 g/mol. The maximum absolute atomic E-state index is 14.8. The topological polar surface area (TPSA) is 158 Å². The number of amides is 2. The predicted octanol–water partition coefficient (Wildman–Crippen LogP) is 6.07. The number of esters is 1. The van der Waals surface area contributed by atoms with Gasteiger partial charge in [0.15, 0.2) is 5.78 Å². The Balaban J connectivity index is 1.34. The summed E-state index contributed by atoms with van der Waals surface area (Å²) >= 11 is 0. The summed E-state index contributed by atoms with van der Waals surface area (Å²) in [5, 5.41) is 0.748. The number of fused-ring (bicyclic) bond motifs is 3. The molecule has 1 aromatic carbocycles. The molecule has 6 rings (SSSR count). The summed E-state index contributed by atoms with van der Waals surface area (Å²) < 4.78 is 85.8. The smallest absolute Gasteiger partial charge is 0.427 e. The molecule has 4 aliphatic rings. The number of hydrogen-bond acceptors (Lipinski definition) is 10. The number of benzene rings is 1. The van der Waals surface area contributed by atoms with Crippen molar-refractivity contribution in [1.82, 2.24) is 14.6 Å². The Bertz CT molecular complexity index is 2000. The van der Waals surface area contributed by atoms with Crippen molar-refractivity contribution in [1.29, 1.82) is 0 Å². The van der Waals surface area contributed by atoms with Gasteiger partial charge in [-0.25, -0.2) is 13.4 Å². The molecule has 0 unspecified atom stereocenters. The van der Waals surface area contributed by atoms with E-state index in [1.54, 1.807) is 44.5 Å². The van der Waals surface area contributed by atoms with Crippen molar-refractivity contribution in [3.8, 4) is 11.6 Å². The number of allylic oxidation sites excluding steroid dienone is 2. The van der Waals surface area contributed by atoms with Crippen LogP contribution in [-0.2, 0) is 33.9 Å². The van der Waals surface area contributed by atoms with Gasteiger partial charge in [-0.15, -0.1) is 0 Å². The van der Waals surface area contributed by atoms with Crippen molar-refractivity contribution >= 4 is 44.4 Å². The maximum atomic E-state index is 14.8. The first kappa shape index (κ1) is 41.4. The van der Waals surface area contributed by atoms with E-state index in [1.165, 1.54) is 4.90 Å². The van der Waals surface area contributed by atoms with Crippen LogP contribution in [-0.4, -0.2) is 84.7 Å². The average Bonchev–Trinajstić information content (AvgIpc) is 4.04. The highest BCUT2D eigenvalue weighted by Gasteiger charge is 2.62. The Kier molecular flexibility index (Phi) is 11.6. The third-order valence-electron chi connectivity index (χ3n) is 11.8. The number of ether oxygens (including phenoxy) is 3. The van der Waals surface area contributed by atoms with Gasteiger partial charge in [-0.1, -0.05) is 26.0 Å². The molecule has 12 nitrogen and oxygen atoms in total. The molecular formula is C40H50F3N3O9S. The molecule has 306 valence electrons. The minimum Gasteiger partial charge on any atom is -0.497 e. The summed E-state index contributed by atoms with van der Waals surface area (Å²) in [5.74, 6) is -4.27. The first-order valence-electron chi connectivity index (χ1n) is 19.2. The largest absolute Gasteiger partial charge is 0.497 e. The van der Waals surface area contributed by atoms with Crippen LogP contribution in [0.3, 0.4) is 0 Å². The number of nitrogens with zero attached hydrogens (tertiary/aromatic N) is 2. The van der Waals surface area contributed by atoms with Gasteiger partial charge >= 0.3 is 12.1 Å². The summed E-state index contributed by atoms with van der Waals surface area (Å²) in [7, 11) is -2.39. The van der Waals surface area contributed by atoms with Crippen molar-refractivity contribution in [3.63, 3.8) is 0 Å². The maximum Gasteiger partial charge on any atom is 0.427 e. The zero-order valence-electron chi connectivity index (χ0n) is 32.3. The minimum atomic E-state index is -4.86. The molecule has 3 fully saturated rings. The monoisotopic (exact) mass is 805 g/mol. The molecule has 0 spiro atoms. The summed E-state index contributed by atoms with van der Waals surface area (Å²) in [6.45, 7) is 5.10. The highest BCUT2D eigenvalue weighted by Crippen LogP contribution is 2.57. The minimum absolute atomic E-state index is 0.0135.